The molecule has 1 aromatic rings. The molecule has 3 rings (SSSR count). The molecule has 0 amide bonds. The molecule has 0 spiro atoms. The van der Waals surface area contributed by atoms with E-state index in [1.807, 2.05) is 0 Å². The third-order valence-corrected chi connectivity index (χ3v) is 4.13. The Morgan fingerprint density at radius 2 is 2.00 bits per heavy atom. The van der Waals surface area contributed by atoms with Crippen LogP contribution < -0.4 is 10.1 Å². The normalized spacial score (nSPS) is 23.1. The highest BCUT2D eigenvalue weighted by Gasteiger charge is 2.22. The SMILES string of the molecule is CC1CNCCN1Cc1ccc(OCC2CC2)cc1.Cl. The lowest BCUT2D eigenvalue weighted by Gasteiger charge is -2.33. The molecule has 0 bridgehead atoms. The van der Waals surface area contributed by atoms with Crippen molar-refractivity contribution >= 4 is 12.4 Å². The van der Waals surface area contributed by atoms with Crippen LogP contribution in [-0.4, -0.2) is 37.2 Å². The van der Waals surface area contributed by atoms with Gasteiger partial charge in [0.2, 0.25) is 0 Å². The van der Waals surface area contributed by atoms with Crippen LogP contribution in [0.4, 0.5) is 0 Å². The van der Waals surface area contributed by atoms with Gasteiger partial charge in [0.05, 0.1) is 6.61 Å². The van der Waals surface area contributed by atoms with Crippen molar-refractivity contribution in [3.8, 4) is 5.75 Å². The summed E-state index contributed by atoms with van der Waals surface area (Å²) < 4.78 is 5.77. The quantitative estimate of drug-likeness (QED) is 0.904. The minimum atomic E-state index is 0. The van der Waals surface area contributed by atoms with Crippen LogP contribution in [0.15, 0.2) is 24.3 Å². The van der Waals surface area contributed by atoms with E-state index in [0.29, 0.717) is 6.04 Å². The molecule has 0 radical (unpaired) electrons. The summed E-state index contributed by atoms with van der Waals surface area (Å²) >= 11 is 0. The zero-order valence-corrected chi connectivity index (χ0v) is 13.0. The topological polar surface area (TPSA) is 24.5 Å². The van der Waals surface area contributed by atoms with Crippen LogP contribution in [-0.2, 0) is 6.54 Å². The first-order valence-corrected chi connectivity index (χ1v) is 7.48. The summed E-state index contributed by atoms with van der Waals surface area (Å²) in [4.78, 5) is 2.54. The molecule has 1 saturated carbocycles. The molecule has 1 saturated heterocycles. The van der Waals surface area contributed by atoms with Crippen molar-refractivity contribution in [2.75, 3.05) is 26.2 Å². The maximum absolute atomic E-state index is 5.77. The third kappa shape index (κ3) is 4.37. The molecule has 1 aliphatic heterocycles. The lowest BCUT2D eigenvalue weighted by atomic mass is 10.1. The minimum Gasteiger partial charge on any atom is -0.493 e. The van der Waals surface area contributed by atoms with E-state index >= 15 is 0 Å². The van der Waals surface area contributed by atoms with Gasteiger partial charge in [-0.2, -0.15) is 0 Å². The summed E-state index contributed by atoms with van der Waals surface area (Å²) in [5.74, 6) is 1.84. The smallest absolute Gasteiger partial charge is 0.119 e. The van der Waals surface area contributed by atoms with Crippen LogP contribution in [0.1, 0.15) is 25.3 Å². The second-order valence-electron chi connectivity index (χ2n) is 5.92. The number of halogens is 1. The molecular formula is C16H25ClN2O. The Morgan fingerprint density at radius 1 is 1.25 bits per heavy atom. The molecule has 1 unspecified atom stereocenters. The Labute approximate surface area is 128 Å². The molecule has 1 N–H and O–H groups in total. The van der Waals surface area contributed by atoms with Gasteiger partial charge >= 0.3 is 0 Å². The monoisotopic (exact) mass is 296 g/mol. The molecule has 2 fully saturated rings. The maximum Gasteiger partial charge on any atom is 0.119 e. The van der Waals surface area contributed by atoms with Crippen molar-refractivity contribution < 1.29 is 4.74 Å². The van der Waals surface area contributed by atoms with Crippen molar-refractivity contribution in [1.29, 1.82) is 0 Å². The number of hydrogen-bond donors (Lipinski definition) is 1. The van der Waals surface area contributed by atoms with Gasteiger partial charge in [0.25, 0.3) is 0 Å². The summed E-state index contributed by atoms with van der Waals surface area (Å²) in [6.07, 6.45) is 2.69. The molecule has 1 aliphatic carbocycles. The molecule has 4 heteroatoms. The fourth-order valence-electron chi connectivity index (χ4n) is 2.54. The van der Waals surface area contributed by atoms with E-state index in [1.54, 1.807) is 0 Å². The number of hydrogen-bond acceptors (Lipinski definition) is 3. The van der Waals surface area contributed by atoms with E-state index < -0.39 is 0 Å². The molecular weight excluding hydrogens is 272 g/mol. The number of benzene rings is 1. The van der Waals surface area contributed by atoms with E-state index in [1.165, 1.54) is 18.4 Å². The lowest BCUT2D eigenvalue weighted by molar-refractivity contribution is 0.165. The standard InChI is InChI=1S/C16H24N2O.ClH/c1-13-10-17-8-9-18(13)11-14-4-6-16(7-5-14)19-12-15-2-3-15;/h4-7,13,15,17H,2-3,8-12H2,1H3;1H. The van der Waals surface area contributed by atoms with E-state index in [-0.39, 0.29) is 12.4 Å². The summed E-state index contributed by atoms with van der Waals surface area (Å²) in [5.41, 5.74) is 1.38. The Bertz CT molecular complexity index is 405. The average Bonchev–Trinajstić information content (AvgIpc) is 3.25. The highest BCUT2D eigenvalue weighted by atomic mass is 35.5. The third-order valence-electron chi connectivity index (χ3n) is 4.13. The van der Waals surface area contributed by atoms with Crippen LogP contribution in [0.3, 0.4) is 0 Å². The van der Waals surface area contributed by atoms with Crippen LogP contribution in [0.5, 0.6) is 5.75 Å². The van der Waals surface area contributed by atoms with Crippen LogP contribution in [0, 0.1) is 5.92 Å². The molecule has 1 heterocycles. The first-order valence-electron chi connectivity index (χ1n) is 7.48. The van der Waals surface area contributed by atoms with Crippen molar-refractivity contribution in [2.24, 2.45) is 5.92 Å². The molecule has 20 heavy (non-hydrogen) atoms. The minimum absolute atomic E-state index is 0. The van der Waals surface area contributed by atoms with E-state index in [0.717, 1.165) is 44.5 Å². The first-order chi connectivity index (χ1) is 9.31. The largest absolute Gasteiger partial charge is 0.493 e. The van der Waals surface area contributed by atoms with Crippen molar-refractivity contribution in [1.82, 2.24) is 10.2 Å². The zero-order valence-electron chi connectivity index (χ0n) is 12.2. The maximum atomic E-state index is 5.77. The van der Waals surface area contributed by atoms with Gasteiger partial charge in [-0.15, -0.1) is 12.4 Å². The van der Waals surface area contributed by atoms with Crippen molar-refractivity contribution in [2.45, 2.75) is 32.4 Å². The second-order valence-corrected chi connectivity index (χ2v) is 5.92. The molecule has 112 valence electrons. The number of ether oxygens (including phenoxy) is 1. The highest BCUT2D eigenvalue weighted by Crippen LogP contribution is 2.29. The fourth-order valence-corrected chi connectivity index (χ4v) is 2.54. The highest BCUT2D eigenvalue weighted by molar-refractivity contribution is 5.85. The van der Waals surface area contributed by atoms with Crippen LogP contribution >= 0.6 is 12.4 Å². The van der Waals surface area contributed by atoms with E-state index in [4.69, 9.17) is 4.74 Å². The van der Waals surface area contributed by atoms with Gasteiger partial charge in [0, 0.05) is 32.2 Å². The Morgan fingerprint density at radius 3 is 2.65 bits per heavy atom. The second kappa shape index (κ2) is 7.30. The van der Waals surface area contributed by atoms with Crippen molar-refractivity contribution in [3.05, 3.63) is 29.8 Å². The van der Waals surface area contributed by atoms with Gasteiger partial charge in [0.15, 0.2) is 0 Å². The van der Waals surface area contributed by atoms with Gasteiger partial charge in [-0.05, 0) is 43.4 Å². The van der Waals surface area contributed by atoms with Gasteiger partial charge in [-0.25, -0.2) is 0 Å². The van der Waals surface area contributed by atoms with Gasteiger partial charge < -0.3 is 10.1 Å². The van der Waals surface area contributed by atoms with E-state index in [2.05, 4.69) is 41.4 Å². The average molecular weight is 297 g/mol. The Hall–Kier alpha value is -0.770. The van der Waals surface area contributed by atoms with Crippen LogP contribution in [0.25, 0.3) is 0 Å². The molecule has 1 atom stereocenters. The first kappa shape index (κ1) is 15.6. The zero-order chi connectivity index (χ0) is 13.1. The molecule has 1 aromatic carbocycles. The number of piperazine rings is 1. The number of rotatable bonds is 5. The summed E-state index contributed by atoms with van der Waals surface area (Å²) in [5, 5.41) is 3.43. The molecule has 3 nitrogen and oxygen atoms in total. The fraction of sp³-hybridized carbons (Fsp3) is 0.625. The van der Waals surface area contributed by atoms with Gasteiger partial charge in [0.1, 0.15) is 5.75 Å². The Kier molecular flexibility index (Phi) is 5.70. The summed E-state index contributed by atoms with van der Waals surface area (Å²) in [6, 6.07) is 9.27. The predicted molar refractivity (Wildman–Crippen MR) is 84.7 cm³/mol. The molecule has 0 aromatic heterocycles. The summed E-state index contributed by atoms with van der Waals surface area (Å²) in [7, 11) is 0. The van der Waals surface area contributed by atoms with Gasteiger partial charge in [-0.1, -0.05) is 12.1 Å². The summed E-state index contributed by atoms with van der Waals surface area (Å²) in [6.45, 7) is 7.58. The molecule has 2 aliphatic rings. The van der Waals surface area contributed by atoms with Crippen LogP contribution in [0.2, 0.25) is 0 Å². The van der Waals surface area contributed by atoms with Crippen molar-refractivity contribution in [3.63, 3.8) is 0 Å². The van der Waals surface area contributed by atoms with Gasteiger partial charge in [-0.3, -0.25) is 4.90 Å². The van der Waals surface area contributed by atoms with E-state index in [9.17, 15) is 0 Å². The predicted octanol–water partition coefficient (Wildman–Crippen LogP) is 2.69. The lowest BCUT2D eigenvalue weighted by Crippen LogP contribution is -2.49. The Balaban J connectivity index is 0.00000147. The number of nitrogens with zero attached hydrogens (tertiary/aromatic N) is 1. The number of nitrogens with one attached hydrogen (secondary N) is 1.